The van der Waals surface area contributed by atoms with Crippen molar-refractivity contribution in [3.8, 4) is 0 Å². The Hall–Kier alpha value is -1.14. The molecule has 1 aromatic heterocycles. The average Bonchev–Trinajstić information content (AvgIpc) is 2.46. The fourth-order valence-electron chi connectivity index (χ4n) is 1.98. The predicted octanol–water partition coefficient (Wildman–Crippen LogP) is 2.35. The Balaban J connectivity index is 2.56. The SMILES string of the molecule is CCCN(CC)CCNC(=O)c1cc(Br)cnc1NC. The van der Waals surface area contributed by atoms with Gasteiger partial charge in [-0.1, -0.05) is 13.8 Å². The molecule has 0 saturated carbocycles. The summed E-state index contributed by atoms with van der Waals surface area (Å²) in [6.45, 7) is 7.87. The van der Waals surface area contributed by atoms with Gasteiger partial charge in [0.15, 0.2) is 0 Å². The Morgan fingerprint density at radius 3 is 2.75 bits per heavy atom. The zero-order chi connectivity index (χ0) is 15.0. The van der Waals surface area contributed by atoms with Crippen LogP contribution in [0.15, 0.2) is 16.7 Å². The number of amides is 1. The van der Waals surface area contributed by atoms with Gasteiger partial charge in [0.25, 0.3) is 5.91 Å². The lowest BCUT2D eigenvalue weighted by Crippen LogP contribution is -2.35. The number of hydrogen-bond acceptors (Lipinski definition) is 4. The first-order chi connectivity index (χ1) is 9.62. The zero-order valence-electron chi connectivity index (χ0n) is 12.4. The van der Waals surface area contributed by atoms with E-state index in [0.717, 1.165) is 30.5 Å². The van der Waals surface area contributed by atoms with Crippen molar-refractivity contribution in [3.63, 3.8) is 0 Å². The molecule has 1 rings (SSSR count). The van der Waals surface area contributed by atoms with Crippen molar-refractivity contribution in [3.05, 3.63) is 22.3 Å². The van der Waals surface area contributed by atoms with Crippen molar-refractivity contribution in [2.45, 2.75) is 20.3 Å². The molecule has 0 spiro atoms. The van der Waals surface area contributed by atoms with Gasteiger partial charge in [-0.2, -0.15) is 0 Å². The molecule has 0 aliphatic rings. The number of nitrogens with zero attached hydrogens (tertiary/aromatic N) is 2. The number of pyridine rings is 1. The smallest absolute Gasteiger partial charge is 0.255 e. The van der Waals surface area contributed by atoms with E-state index >= 15 is 0 Å². The number of hydrogen-bond donors (Lipinski definition) is 2. The van der Waals surface area contributed by atoms with E-state index in [2.05, 4.69) is 50.3 Å². The Morgan fingerprint density at radius 2 is 2.15 bits per heavy atom. The van der Waals surface area contributed by atoms with Crippen LogP contribution in [-0.2, 0) is 0 Å². The highest BCUT2D eigenvalue weighted by Crippen LogP contribution is 2.17. The molecule has 1 aromatic rings. The first kappa shape index (κ1) is 16.9. The van der Waals surface area contributed by atoms with Gasteiger partial charge in [-0.25, -0.2) is 4.98 Å². The third kappa shape index (κ3) is 5.09. The topological polar surface area (TPSA) is 57.3 Å². The predicted molar refractivity (Wildman–Crippen MR) is 86.2 cm³/mol. The van der Waals surface area contributed by atoms with Gasteiger partial charge in [0, 0.05) is 30.8 Å². The number of carbonyl (C=O) groups excluding carboxylic acids is 1. The van der Waals surface area contributed by atoms with Gasteiger partial charge in [-0.15, -0.1) is 0 Å². The minimum absolute atomic E-state index is 0.101. The molecule has 5 nitrogen and oxygen atoms in total. The van der Waals surface area contributed by atoms with Crippen LogP contribution in [0.2, 0.25) is 0 Å². The lowest BCUT2D eigenvalue weighted by atomic mass is 10.2. The Labute approximate surface area is 129 Å². The van der Waals surface area contributed by atoms with Crippen molar-refractivity contribution < 1.29 is 4.79 Å². The largest absolute Gasteiger partial charge is 0.372 e. The molecule has 20 heavy (non-hydrogen) atoms. The van der Waals surface area contributed by atoms with Crippen LogP contribution in [0.3, 0.4) is 0 Å². The summed E-state index contributed by atoms with van der Waals surface area (Å²) in [6, 6.07) is 1.78. The molecule has 0 aromatic carbocycles. The highest BCUT2D eigenvalue weighted by atomic mass is 79.9. The third-order valence-corrected chi connectivity index (χ3v) is 3.47. The number of anilines is 1. The number of likely N-dealkylation sites (N-methyl/N-ethyl adjacent to an activating group) is 1. The van der Waals surface area contributed by atoms with Crippen molar-refractivity contribution in [1.82, 2.24) is 15.2 Å². The van der Waals surface area contributed by atoms with E-state index in [1.807, 2.05) is 0 Å². The lowest BCUT2D eigenvalue weighted by Gasteiger charge is -2.19. The first-order valence-corrected chi connectivity index (χ1v) is 7.75. The summed E-state index contributed by atoms with van der Waals surface area (Å²) < 4.78 is 0.794. The summed E-state index contributed by atoms with van der Waals surface area (Å²) in [5.41, 5.74) is 0.556. The summed E-state index contributed by atoms with van der Waals surface area (Å²) in [7, 11) is 1.76. The zero-order valence-corrected chi connectivity index (χ0v) is 14.0. The highest BCUT2D eigenvalue weighted by Gasteiger charge is 2.12. The molecule has 0 aliphatic carbocycles. The van der Waals surface area contributed by atoms with Gasteiger partial charge < -0.3 is 15.5 Å². The average molecular weight is 343 g/mol. The second-order valence-electron chi connectivity index (χ2n) is 4.49. The van der Waals surface area contributed by atoms with Gasteiger partial charge in [-0.05, 0) is 41.5 Å². The summed E-state index contributed by atoms with van der Waals surface area (Å²) in [5, 5.41) is 5.87. The standard InChI is InChI=1S/C14H23BrN4O/c1-4-7-19(5-2)8-6-17-14(20)12-9-11(15)10-18-13(12)16-3/h9-10H,4-8H2,1-3H3,(H,16,18)(H,17,20). The van der Waals surface area contributed by atoms with Crippen LogP contribution in [0, 0.1) is 0 Å². The minimum Gasteiger partial charge on any atom is -0.372 e. The molecule has 0 aliphatic heterocycles. The van der Waals surface area contributed by atoms with Crippen LogP contribution in [0.5, 0.6) is 0 Å². The van der Waals surface area contributed by atoms with Gasteiger partial charge in [0.2, 0.25) is 0 Å². The molecule has 0 radical (unpaired) electrons. The monoisotopic (exact) mass is 342 g/mol. The van der Waals surface area contributed by atoms with E-state index in [0.29, 0.717) is 17.9 Å². The third-order valence-electron chi connectivity index (χ3n) is 3.04. The van der Waals surface area contributed by atoms with E-state index in [9.17, 15) is 4.79 Å². The summed E-state index contributed by atoms with van der Waals surface area (Å²) in [6.07, 6.45) is 2.80. The second kappa shape index (κ2) is 8.92. The fourth-order valence-corrected chi connectivity index (χ4v) is 2.31. The molecule has 0 atom stereocenters. The molecule has 2 N–H and O–H groups in total. The number of aromatic nitrogens is 1. The van der Waals surface area contributed by atoms with E-state index in [1.165, 1.54) is 0 Å². The minimum atomic E-state index is -0.101. The maximum Gasteiger partial charge on any atom is 0.255 e. The molecule has 1 heterocycles. The normalized spacial score (nSPS) is 10.7. The maximum absolute atomic E-state index is 12.2. The van der Waals surface area contributed by atoms with Gasteiger partial charge in [-0.3, -0.25) is 4.79 Å². The summed E-state index contributed by atoms with van der Waals surface area (Å²) >= 11 is 3.34. The molecule has 0 unspecified atom stereocenters. The molecule has 6 heteroatoms. The van der Waals surface area contributed by atoms with Crippen LogP contribution < -0.4 is 10.6 Å². The molecule has 1 amide bonds. The first-order valence-electron chi connectivity index (χ1n) is 6.96. The van der Waals surface area contributed by atoms with Crippen LogP contribution >= 0.6 is 15.9 Å². The maximum atomic E-state index is 12.2. The van der Waals surface area contributed by atoms with Crippen LogP contribution in [0.4, 0.5) is 5.82 Å². The van der Waals surface area contributed by atoms with Crippen molar-refractivity contribution in [1.29, 1.82) is 0 Å². The van der Waals surface area contributed by atoms with Crippen LogP contribution in [0.25, 0.3) is 0 Å². The fraction of sp³-hybridized carbons (Fsp3) is 0.571. The summed E-state index contributed by atoms with van der Waals surface area (Å²) in [5.74, 6) is 0.488. The number of rotatable bonds is 8. The van der Waals surface area contributed by atoms with E-state index < -0.39 is 0 Å². The Bertz CT molecular complexity index is 439. The highest BCUT2D eigenvalue weighted by molar-refractivity contribution is 9.10. The van der Waals surface area contributed by atoms with E-state index in [4.69, 9.17) is 0 Å². The number of nitrogens with one attached hydrogen (secondary N) is 2. The van der Waals surface area contributed by atoms with Gasteiger partial charge in [0.1, 0.15) is 5.82 Å². The molecule has 0 fully saturated rings. The van der Waals surface area contributed by atoms with Crippen molar-refractivity contribution in [2.75, 3.05) is 38.5 Å². The molecular formula is C14H23BrN4O. The molecular weight excluding hydrogens is 320 g/mol. The quantitative estimate of drug-likeness (QED) is 0.761. The van der Waals surface area contributed by atoms with Crippen LogP contribution in [-0.4, -0.2) is 49.0 Å². The van der Waals surface area contributed by atoms with E-state index in [-0.39, 0.29) is 5.91 Å². The van der Waals surface area contributed by atoms with Gasteiger partial charge >= 0.3 is 0 Å². The van der Waals surface area contributed by atoms with Crippen LogP contribution in [0.1, 0.15) is 30.6 Å². The number of halogens is 1. The Kier molecular flexibility index (Phi) is 7.54. The van der Waals surface area contributed by atoms with Gasteiger partial charge in [0.05, 0.1) is 5.56 Å². The van der Waals surface area contributed by atoms with Crippen molar-refractivity contribution >= 4 is 27.7 Å². The Morgan fingerprint density at radius 1 is 1.40 bits per heavy atom. The molecule has 0 saturated heterocycles. The molecule has 0 bridgehead atoms. The summed E-state index contributed by atoms with van der Waals surface area (Å²) in [4.78, 5) is 18.7. The van der Waals surface area contributed by atoms with E-state index in [1.54, 1.807) is 19.3 Å². The van der Waals surface area contributed by atoms with Crippen molar-refractivity contribution in [2.24, 2.45) is 0 Å². The number of carbonyl (C=O) groups is 1. The molecule has 112 valence electrons. The lowest BCUT2D eigenvalue weighted by molar-refractivity contribution is 0.0949. The second-order valence-corrected chi connectivity index (χ2v) is 5.41.